The molecule has 2 atom stereocenters. The normalized spacial score (nSPS) is 25.1. The topological polar surface area (TPSA) is 41.3 Å². The molecule has 1 saturated heterocycles. The van der Waals surface area contributed by atoms with Crippen molar-refractivity contribution in [3.05, 3.63) is 53.4 Å². The third-order valence-corrected chi connectivity index (χ3v) is 5.43. The Morgan fingerprint density at radius 3 is 2.76 bits per heavy atom. The van der Waals surface area contributed by atoms with Gasteiger partial charge in [0.25, 0.3) is 0 Å². The van der Waals surface area contributed by atoms with Crippen molar-refractivity contribution in [1.29, 1.82) is 0 Å². The molecule has 0 radical (unpaired) electrons. The second-order valence-corrected chi connectivity index (χ2v) is 7.23. The van der Waals surface area contributed by atoms with Crippen molar-refractivity contribution < 1.29 is 13.9 Å². The summed E-state index contributed by atoms with van der Waals surface area (Å²) >= 11 is 0. The highest BCUT2D eigenvalue weighted by Gasteiger charge is 2.34. The molecule has 1 N–H and O–H groups in total. The number of nitrogens with zero attached hydrogens (tertiary/aromatic N) is 3. The lowest BCUT2D eigenvalue weighted by molar-refractivity contribution is 0.171. The van der Waals surface area contributed by atoms with Gasteiger partial charge in [-0.25, -0.2) is 8.78 Å². The number of aromatic nitrogens is 2. The number of halogens is 2. The van der Waals surface area contributed by atoms with Crippen LogP contribution in [0.2, 0.25) is 0 Å². The highest BCUT2D eigenvalue weighted by atomic mass is 19.1. The Kier molecular flexibility index (Phi) is 4.56. The average molecular weight is 347 g/mol. The van der Waals surface area contributed by atoms with E-state index >= 15 is 0 Å². The van der Waals surface area contributed by atoms with Crippen molar-refractivity contribution >= 4 is 0 Å². The standard InChI is InChI=1S/C19H23F2N3O/c20-13-5-6-18(21)17(9-13)19-10-16(25)12-23(19)11-14-7-8-24(22-14)15-3-1-2-4-15/h5-9,15-16,19,25H,1-4,10-12H2/t16-,19-/m1/s1. The van der Waals surface area contributed by atoms with Crippen molar-refractivity contribution in [1.82, 2.24) is 14.7 Å². The van der Waals surface area contributed by atoms with Crippen LogP contribution in [0.15, 0.2) is 30.5 Å². The fraction of sp³-hybridized carbons (Fsp3) is 0.526. The van der Waals surface area contributed by atoms with Gasteiger partial charge in [-0.2, -0.15) is 5.10 Å². The summed E-state index contributed by atoms with van der Waals surface area (Å²) in [5.41, 5.74) is 1.22. The molecule has 1 aliphatic heterocycles. The molecule has 0 unspecified atom stereocenters. The van der Waals surface area contributed by atoms with Gasteiger partial charge in [-0.3, -0.25) is 9.58 Å². The molecule has 2 aromatic rings. The van der Waals surface area contributed by atoms with Gasteiger partial charge >= 0.3 is 0 Å². The molecule has 4 nitrogen and oxygen atoms in total. The quantitative estimate of drug-likeness (QED) is 0.919. The molecule has 6 heteroatoms. The smallest absolute Gasteiger partial charge is 0.128 e. The second kappa shape index (κ2) is 6.84. The molecule has 2 heterocycles. The van der Waals surface area contributed by atoms with E-state index in [-0.39, 0.29) is 6.04 Å². The van der Waals surface area contributed by atoms with Crippen molar-refractivity contribution in [2.75, 3.05) is 6.54 Å². The number of benzene rings is 1. The van der Waals surface area contributed by atoms with E-state index in [1.54, 1.807) is 0 Å². The van der Waals surface area contributed by atoms with Crippen molar-refractivity contribution in [2.45, 2.75) is 56.8 Å². The van der Waals surface area contributed by atoms with Gasteiger partial charge in [-0.05, 0) is 43.5 Å². The summed E-state index contributed by atoms with van der Waals surface area (Å²) in [6.07, 6.45) is 6.71. The first kappa shape index (κ1) is 16.7. The molecular formula is C19H23F2N3O. The Bertz CT molecular complexity index is 742. The Labute approximate surface area is 146 Å². The van der Waals surface area contributed by atoms with E-state index in [2.05, 4.69) is 5.10 Å². The highest BCUT2D eigenvalue weighted by Crippen LogP contribution is 2.35. The lowest BCUT2D eigenvalue weighted by atomic mass is 10.0. The van der Waals surface area contributed by atoms with Crippen LogP contribution in [0.5, 0.6) is 0 Å². The first-order valence-corrected chi connectivity index (χ1v) is 9.01. The zero-order valence-corrected chi connectivity index (χ0v) is 14.1. The molecule has 1 aromatic carbocycles. The summed E-state index contributed by atoms with van der Waals surface area (Å²) in [6, 6.07) is 5.65. The molecule has 4 rings (SSSR count). The maximum absolute atomic E-state index is 14.2. The highest BCUT2D eigenvalue weighted by molar-refractivity contribution is 5.24. The molecule has 1 saturated carbocycles. The predicted molar refractivity (Wildman–Crippen MR) is 89.9 cm³/mol. The number of likely N-dealkylation sites (tertiary alicyclic amines) is 1. The van der Waals surface area contributed by atoms with Crippen LogP contribution in [-0.4, -0.2) is 32.4 Å². The number of β-amino-alcohol motifs (C(OH)–C–C–N with tert-alkyl or cyclic N) is 1. The van der Waals surface area contributed by atoms with Crippen LogP contribution in [-0.2, 0) is 6.54 Å². The minimum Gasteiger partial charge on any atom is -0.392 e. The van der Waals surface area contributed by atoms with Gasteiger partial charge < -0.3 is 5.11 Å². The fourth-order valence-corrected chi connectivity index (χ4v) is 4.19. The molecule has 25 heavy (non-hydrogen) atoms. The number of aliphatic hydroxyl groups excluding tert-OH is 1. The van der Waals surface area contributed by atoms with E-state index in [0.29, 0.717) is 31.1 Å². The SMILES string of the molecule is O[C@@H]1C[C@H](c2cc(F)ccc2F)N(Cc2ccn(C3CCCC3)n2)C1. The predicted octanol–water partition coefficient (Wildman–Crippen LogP) is 3.58. The van der Waals surface area contributed by atoms with Crippen LogP contribution in [0.4, 0.5) is 8.78 Å². The van der Waals surface area contributed by atoms with Gasteiger partial charge in [0.1, 0.15) is 11.6 Å². The zero-order valence-electron chi connectivity index (χ0n) is 14.1. The van der Waals surface area contributed by atoms with Gasteiger partial charge in [-0.15, -0.1) is 0 Å². The van der Waals surface area contributed by atoms with Crippen molar-refractivity contribution in [3.63, 3.8) is 0 Å². The molecule has 1 aliphatic carbocycles. The molecule has 2 fully saturated rings. The van der Waals surface area contributed by atoms with Gasteiger partial charge in [-0.1, -0.05) is 12.8 Å². The Hall–Kier alpha value is -1.79. The molecular weight excluding hydrogens is 324 g/mol. The minimum atomic E-state index is -0.537. The van der Waals surface area contributed by atoms with E-state index in [0.717, 1.165) is 17.8 Å². The Morgan fingerprint density at radius 1 is 1.16 bits per heavy atom. The average Bonchev–Trinajstić information content (AvgIpc) is 3.30. The second-order valence-electron chi connectivity index (χ2n) is 7.23. The lowest BCUT2D eigenvalue weighted by Gasteiger charge is -2.24. The van der Waals surface area contributed by atoms with Crippen molar-refractivity contribution in [3.8, 4) is 0 Å². The van der Waals surface area contributed by atoms with Gasteiger partial charge in [0.2, 0.25) is 0 Å². The molecule has 0 amide bonds. The first-order valence-electron chi connectivity index (χ1n) is 9.01. The zero-order chi connectivity index (χ0) is 17.4. The maximum Gasteiger partial charge on any atom is 0.128 e. The third-order valence-electron chi connectivity index (χ3n) is 5.43. The van der Waals surface area contributed by atoms with Crippen LogP contribution < -0.4 is 0 Å². The first-order chi connectivity index (χ1) is 12.1. The number of hydrogen-bond acceptors (Lipinski definition) is 3. The Balaban J connectivity index is 1.53. The largest absolute Gasteiger partial charge is 0.392 e. The van der Waals surface area contributed by atoms with E-state index in [9.17, 15) is 13.9 Å². The number of aliphatic hydroxyl groups is 1. The molecule has 1 aromatic heterocycles. The fourth-order valence-electron chi connectivity index (χ4n) is 4.19. The summed E-state index contributed by atoms with van der Waals surface area (Å²) in [6.45, 7) is 0.967. The van der Waals surface area contributed by atoms with Crippen LogP contribution in [0.3, 0.4) is 0 Å². The Morgan fingerprint density at radius 2 is 1.96 bits per heavy atom. The van der Waals surface area contributed by atoms with Crippen LogP contribution in [0.1, 0.15) is 55.4 Å². The van der Waals surface area contributed by atoms with E-state index in [1.807, 2.05) is 21.8 Å². The molecule has 134 valence electrons. The van der Waals surface area contributed by atoms with E-state index in [1.165, 1.54) is 31.7 Å². The summed E-state index contributed by atoms with van der Waals surface area (Å²) in [5.74, 6) is -0.884. The van der Waals surface area contributed by atoms with Crippen LogP contribution in [0.25, 0.3) is 0 Å². The molecule has 2 aliphatic rings. The minimum absolute atomic E-state index is 0.312. The van der Waals surface area contributed by atoms with Gasteiger partial charge in [0.15, 0.2) is 0 Å². The van der Waals surface area contributed by atoms with Crippen LogP contribution in [0, 0.1) is 11.6 Å². The summed E-state index contributed by atoms with van der Waals surface area (Å²) < 4.78 is 29.8. The molecule has 0 spiro atoms. The van der Waals surface area contributed by atoms with Crippen LogP contribution >= 0.6 is 0 Å². The lowest BCUT2D eigenvalue weighted by Crippen LogP contribution is -2.25. The number of rotatable bonds is 4. The molecule has 0 bridgehead atoms. The third kappa shape index (κ3) is 3.46. The van der Waals surface area contributed by atoms with E-state index in [4.69, 9.17) is 0 Å². The van der Waals surface area contributed by atoms with Gasteiger partial charge in [0, 0.05) is 30.9 Å². The maximum atomic E-state index is 14.2. The summed E-state index contributed by atoms with van der Waals surface area (Å²) in [7, 11) is 0. The number of hydrogen-bond donors (Lipinski definition) is 1. The summed E-state index contributed by atoms with van der Waals surface area (Å²) in [5, 5.41) is 14.7. The summed E-state index contributed by atoms with van der Waals surface area (Å²) in [4.78, 5) is 1.99. The van der Waals surface area contributed by atoms with E-state index < -0.39 is 17.7 Å². The van der Waals surface area contributed by atoms with Gasteiger partial charge in [0.05, 0.1) is 17.8 Å². The monoisotopic (exact) mass is 347 g/mol. The van der Waals surface area contributed by atoms with Crippen molar-refractivity contribution in [2.24, 2.45) is 0 Å².